The normalized spacial score (nSPS) is 12.7. The van der Waals surface area contributed by atoms with Gasteiger partial charge in [-0.2, -0.15) is 9.90 Å². The minimum Gasteiger partial charge on any atom is -0.458 e. The molecule has 0 saturated carbocycles. The van der Waals surface area contributed by atoms with Crippen LogP contribution in [0.25, 0.3) is 5.69 Å². The van der Waals surface area contributed by atoms with Crippen molar-refractivity contribution in [2.24, 2.45) is 0 Å². The first kappa shape index (κ1) is 41.0. The summed E-state index contributed by atoms with van der Waals surface area (Å²) in [6.45, 7) is -0.728. The van der Waals surface area contributed by atoms with E-state index in [4.69, 9.17) is 23.7 Å². The summed E-state index contributed by atoms with van der Waals surface area (Å²) >= 11 is 0. The molecule has 0 fully saturated rings. The van der Waals surface area contributed by atoms with Gasteiger partial charge in [0.05, 0.1) is 39.7 Å². The fraction of sp³-hybridized carbons (Fsp3) is 0.104. The first-order chi connectivity index (χ1) is 29.8. The van der Waals surface area contributed by atoms with Gasteiger partial charge in [-0.1, -0.05) is 109 Å². The summed E-state index contributed by atoms with van der Waals surface area (Å²) in [6.07, 6.45) is -5.86. The molecule has 0 radical (unpaired) electrons. The molecule has 4 atom stereocenters. The average molecular weight is 816 g/mol. The first-order valence-electron chi connectivity index (χ1n) is 19.1. The minimum atomic E-state index is -1.87. The third kappa shape index (κ3) is 10.7. The lowest BCUT2D eigenvalue weighted by Crippen LogP contribution is -2.51. The highest BCUT2D eigenvalue weighted by atomic mass is 16.6. The van der Waals surface area contributed by atoms with Crippen molar-refractivity contribution in [3.05, 3.63) is 222 Å². The van der Waals surface area contributed by atoms with Crippen LogP contribution in [0.2, 0.25) is 0 Å². The van der Waals surface area contributed by atoms with E-state index in [2.05, 4.69) is 10.2 Å². The van der Waals surface area contributed by atoms with Gasteiger partial charge in [-0.3, -0.25) is 0 Å². The maximum absolute atomic E-state index is 14.2. The number of nitrogens with zero attached hydrogens (tertiary/aromatic N) is 3. The number of carbonyl (C=O) groups is 5. The zero-order chi connectivity index (χ0) is 42.4. The Morgan fingerprint density at radius 3 is 1.23 bits per heavy atom. The van der Waals surface area contributed by atoms with E-state index >= 15 is 0 Å². The molecular formula is C48H37N3O10. The molecule has 0 aliphatic heterocycles. The van der Waals surface area contributed by atoms with Gasteiger partial charge in [0, 0.05) is 0 Å². The lowest BCUT2D eigenvalue weighted by molar-refractivity contribution is -0.133. The smallest absolute Gasteiger partial charge is 0.338 e. The van der Waals surface area contributed by atoms with Crippen LogP contribution in [-0.4, -0.2) is 69.8 Å². The number of benzene rings is 6. The lowest BCUT2D eigenvalue weighted by atomic mass is 9.99. The molecule has 6 aromatic carbocycles. The van der Waals surface area contributed by atoms with Crippen molar-refractivity contribution in [1.29, 1.82) is 0 Å². The zero-order valence-corrected chi connectivity index (χ0v) is 32.3. The van der Waals surface area contributed by atoms with Crippen LogP contribution >= 0.6 is 0 Å². The molecule has 1 heterocycles. The molecule has 1 aromatic heterocycles. The summed E-state index contributed by atoms with van der Waals surface area (Å²) in [5.74, 6) is -4.45. The second-order valence-corrected chi connectivity index (χ2v) is 13.3. The molecule has 7 rings (SSSR count). The summed E-state index contributed by atoms with van der Waals surface area (Å²) in [5.41, 5.74) is 1.04. The van der Waals surface area contributed by atoms with Crippen molar-refractivity contribution in [2.45, 2.75) is 24.4 Å². The highest BCUT2D eigenvalue weighted by Crippen LogP contribution is 2.32. The summed E-state index contributed by atoms with van der Waals surface area (Å²) in [7, 11) is 0. The van der Waals surface area contributed by atoms with Crippen LogP contribution in [0, 0.1) is 0 Å². The molecular weight excluding hydrogens is 779 g/mol. The van der Waals surface area contributed by atoms with Gasteiger partial charge < -0.3 is 23.7 Å². The van der Waals surface area contributed by atoms with Crippen molar-refractivity contribution in [1.82, 2.24) is 15.0 Å². The fourth-order valence-electron chi connectivity index (χ4n) is 6.12. The second-order valence-electron chi connectivity index (χ2n) is 13.3. The number of hydrogen-bond donors (Lipinski definition) is 0. The van der Waals surface area contributed by atoms with Crippen molar-refractivity contribution in [3.63, 3.8) is 0 Å². The van der Waals surface area contributed by atoms with E-state index in [1.807, 2.05) is 6.07 Å². The largest absolute Gasteiger partial charge is 0.458 e. The number of esters is 5. The van der Waals surface area contributed by atoms with Crippen molar-refractivity contribution in [2.75, 3.05) is 6.61 Å². The molecule has 0 aliphatic rings. The van der Waals surface area contributed by atoms with Gasteiger partial charge in [0.2, 0.25) is 0 Å². The standard InChI is InChI=1S/C48H37N3O10/c52-44(33-19-7-1-8-20-33)57-32-40(58-45(53)34-21-9-2-10-22-34)42(60-47(55)36-25-13-4-14-26-36)43(61-48(56)37-27-15-5-16-28-37)41(59-46(54)35-23-11-3-12-24-35)39-31-49-51(50-39)38-29-17-6-18-30-38/h1-31,40-43H,32H2/t40-,41-,42+,43-/m1/s1. The second kappa shape index (κ2) is 20.0. The molecule has 61 heavy (non-hydrogen) atoms. The molecule has 0 spiro atoms. The molecule has 304 valence electrons. The number of ether oxygens (including phenoxy) is 5. The maximum atomic E-state index is 14.2. The van der Waals surface area contributed by atoms with Gasteiger partial charge in [-0.15, -0.1) is 5.10 Å². The van der Waals surface area contributed by atoms with E-state index in [9.17, 15) is 24.0 Å². The van der Waals surface area contributed by atoms with Crippen LogP contribution in [0.1, 0.15) is 63.6 Å². The lowest BCUT2D eigenvalue weighted by Gasteiger charge is -2.35. The molecule has 0 saturated heterocycles. The van der Waals surface area contributed by atoms with Crippen molar-refractivity contribution >= 4 is 29.8 Å². The van der Waals surface area contributed by atoms with Crippen LogP contribution in [0.4, 0.5) is 0 Å². The van der Waals surface area contributed by atoms with Crippen LogP contribution in [-0.2, 0) is 23.7 Å². The third-order valence-electron chi connectivity index (χ3n) is 9.18. The van der Waals surface area contributed by atoms with Crippen LogP contribution in [0.3, 0.4) is 0 Å². The Morgan fingerprint density at radius 1 is 0.426 bits per heavy atom. The van der Waals surface area contributed by atoms with E-state index in [0.717, 1.165) is 0 Å². The molecule has 13 nitrogen and oxygen atoms in total. The number of carbonyl (C=O) groups excluding carboxylic acids is 5. The van der Waals surface area contributed by atoms with E-state index in [1.165, 1.54) is 71.7 Å². The quantitative estimate of drug-likeness (QED) is 0.0691. The van der Waals surface area contributed by atoms with E-state index in [1.54, 1.807) is 115 Å². The Labute approximate surface area is 350 Å². The Kier molecular flexibility index (Phi) is 13.4. The SMILES string of the molecule is O=C(OC[C@@H](OC(=O)c1ccccc1)[C@H](OC(=O)c1ccccc1)[C@H](OC(=O)c1ccccc1)[C@H](OC(=O)c1ccccc1)c1cnn(-c2ccccc2)n1)c1ccccc1. The third-order valence-corrected chi connectivity index (χ3v) is 9.18. The van der Waals surface area contributed by atoms with Gasteiger partial charge in [-0.05, 0) is 72.8 Å². The highest BCUT2D eigenvalue weighted by Gasteiger charge is 2.47. The van der Waals surface area contributed by atoms with Gasteiger partial charge >= 0.3 is 29.8 Å². The molecule has 0 unspecified atom stereocenters. The molecule has 0 amide bonds. The highest BCUT2D eigenvalue weighted by molar-refractivity contribution is 5.92. The van der Waals surface area contributed by atoms with Gasteiger partial charge in [0.1, 0.15) is 12.3 Å². The van der Waals surface area contributed by atoms with Gasteiger partial charge in [-0.25, -0.2) is 24.0 Å². The Hall–Kier alpha value is -8.19. The van der Waals surface area contributed by atoms with E-state index in [-0.39, 0.29) is 33.5 Å². The van der Waals surface area contributed by atoms with E-state index < -0.39 is 60.9 Å². The summed E-state index contributed by atoms with van der Waals surface area (Å²) in [6, 6.07) is 48.7. The minimum absolute atomic E-state index is 0.0471. The predicted molar refractivity (Wildman–Crippen MR) is 220 cm³/mol. The maximum Gasteiger partial charge on any atom is 0.338 e. The zero-order valence-electron chi connectivity index (χ0n) is 32.3. The number of para-hydroxylation sites is 1. The Morgan fingerprint density at radius 2 is 0.787 bits per heavy atom. The molecule has 7 aromatic rings. The Bertz CT molecular complexity index is 2540. The molecule has 0 N–H and O–H groups in total. The van der Waals surface area contributed by atoms with Gasteiger partial charge in [0.25, 0.3) is 0 Å². The van der Waals surface area contributed by atoms with E-state index in [0.29, 0.717) is 5.69 Å². The van der Waals surface area contributed by atoms with Crippen LogP contribution < -0.4 is 0 Å². The monoisotopic (exact) mass is 815 g/mol. The van der Waals surface area contributed by atoms with Crippen molar-refractivity contribution < 1.29 is 47.7 Å². The molecule has 13 heteroatoms. The fourth-order valence-corrected chi connectivity index (χ4v) is 6.12. The number of rotatable bonds is 16. The molecule has 0 bridgehead atoms. The first-order valence-corrected chi connectivity index (χ1v) is 19.1. The average Bonchev–Trinajstić information content (AvgIpc) is 3.82. The Balaban J connectivity index is 1.39. The number of aromatic nitrogens is 3. The predicted octanol–water partition coefficient (Wildman–Crippen LogP) is 7.70. The topological polar surface area (TPSA) is 162 Å². The van der Waals surface area contributed by atoms with Gasteiger partial charge in [0.15, 0.2) is 24.4 Å². The number of hydrogen-bond acceptors (Lipinski definition) is 12. The van der Waals surface area contributed by atoms with Crippen molar-refractivity contribution in [3.8, 4) is 5.69 Å². The summed E-state index contributed by atoms with van der Waals surface area (Å²) in [5, 5.41) is 9.05. The van der Waals surface area contributed by atoms with Crippen LogP contribution in [0.15, 0.2) is 188 Å². The summed E-state index contributed by atoms with van der Waals surface area (Å²) in [4.78, 5) is 71.1. The summed E-state index contributed by atoms with van der Waals surface area (Å²) < 4.78 is 30.5. The molecule has 0 aliphatic carbocycles. The van der Waals surface area contributed by atoms with Crippen LogP contribution in [0.5, 0.6) is 0 Å².